The van der Waals surface area contributed by atoms with Crippen molar-refractivity contribution in [2.45, 2.75) is 27.2 Å². The average Bonchev–Trinajstić information content (AvgIpc) is 2.50. The minimum atomic E-state index is 0.165. The maximum absolute atomic E-state index is 5.43. The zero-order valence-corrected chi connectivity index (χ0v) is 14.2. The van der Waals surface area contributed by atoms with Gasteiger partial charge >= 0.3 is 0 Å². The van der Waals surface area contributed by atoms with Gasteiger partial charge in [-0.3, -0.25) is 0 Å². The first kappa shape index (κ1) is 16.6. The van der Waals surface area contributed by atoms with Crippen LogP contribution in [0, 0.1) is 12.3 Å². The number of rotatable bonds is 7. The van der Waals surface area contributed by atoms with Crippen molar-refractivity contribution in [1.29, 1.82) is 0 Å². The molecule has 0 bridgehead atoms. The molecule has 0 atom stereocenters. The number of ether oxygens (including phenoxy) is 2. The van der Waals surface area contributed by atoms with Crippen molar-refractivity contribution in [1.82, 2.24) is 4.98 Å². The van der Waals surface area contributed by atoms with Gasteiger partial charge in [-0.05, 0) is 30.9 Å². The first-order valence-electron chi connectivity index (χ1n) is 7.64. The van der Waals surface area contributed by atoms with Gasteiger partial charge in [-0.25, -0.2) is 4.98 Å². The number of hydrogen-bond donors (Lipinski definition) is 1. The quantitative estimate of drug-likeness (QED) is 0.838. The van der Waals surface area contributed by atoms with E-state index in [-0.39, 0.29) is 5.41 Å². The second-order valence-electron chi connectivity index (χ2n) is 6.43. The van der Waals surface area contributed by atoms with Crippen LogP contribution in [-0.2, 0) is 4.74 Å². The van der Waals surface area contributed by atoms with E-state index in [4.69, 9.17) is 9.47 Å². The summed E-state index contributed by atoms with van der Waals surface area (Å²) >= 11 is 0. The van der Waals surface area contributed by atoms with Crippen LogP contribution in [0.25, 0.3) is 10.9 Å². The lowest BCUT2D eigenvalue weighted by atomic mass is 9.89. The van der Waals surface area contributed by atoms with Crippen LogP contribution < -0.4 is 10.1 Å². The zero-order valence-electron chi connectivity index (χ0n) is 14.2. The van der Waals surface area contributed by atoms with E-state index in [0.29, 0.717) is 0 Å². The summed E-state index contributed by atoms with van der Waals surface area (Å²) in [7, 11) is 3.43. The molecule has 2 rings (SSSR count). The van der Waals surface area contributed by atoms with Crippen LogP contribution in [0.15, 0.2) is 24.3 Å². The molecule has 4 heteroatoms. The highest BCUT2D eigenvalue weighted by atomic mass is 16.5. The molecule has 0 aliphatic heterocycles. The molecule has 1 aromatic heterocycles. The minimum absolute atomic E-state index is 0.165. The maximum Gasteiger partial charge on any atom is 0.145 e. The number of fused-ring (bicyclic) bond motifs is 1. The van der Waals surface area contributed by atoms with Crippen LogP contribution in [0.1, 0.15) is 26.0 Å². The molecule has 22 heavy (non-hydrogen) atoms. The molecule has 1 aromatic carbocycles. The van der Waals surface area contributed by atoms with Gasteiger partial charge in [0.1, 0.15) is 11.3 Å². The van der Waals surface area contributed by atoms with Crippen molar-refractivity contribution in [3.8, 4) is 5.75 Å². The van der Waals surface area contributed by atoms with Crippen LogP contribution in [0.2, 0.25) is 0 Å². The zero-order chi connectivity index (χ0) is 16.2. The Kier molecular flexibility index (Phi) is 5.24. The van der Waals surface area contributed by atoms with Crippen molar-refractivity contribution in [3.05, 3.63) is 30.0 Å². The van der Waals surface area contributed by atoms with Crippen LogP contribution in [0.5, 0.6) is 5.75 Å². The van der Waals surface area contributed by atoms with Crippen LogP contribution >= 0.6 is 0 Å². The summed E-state index contributed by atoms with van der Waals surface area (Å²) in [6, 6.07) is 8.11. The number of pyridine rings is 1. The van der Waals surface area contributed by atoms with E-state index in [0.717, 1.165) is 47.6 Å². The lowest BCUT2D eigenvalue weighted by Crippen LogP contribution is -2.24. The minimum Gasteiger partial charge on any atom is -0.494 e. The van der Waals surface area contributed by atoms with E-state index in [9.17, 15) is 0 Å². The number of aromatic nitrogens is 1. The standard InChI is InChI=1S/C18H26N2O2/c1-13-11-15(19-12-18(2,3)9-10-21-4)14-7-6-8-16(22-5)17(14)20-13/h6-8,11H,9-10,12H2,1-5H3,(H,19,20). The second kappa shape index (κ2) is 6.97. The van der Waals surface area contributed by atoms with E-state index in [1.807, 2.05) is 19.1 Å². The molecular weight excluding hydrogens is 276 g/mol. The summed E-state index contributed by atoms with van der Waals surface area (Å²) in [6.07, 6.45) is 1.02. The molecule has 120 valence electrons. The number of hydrogen-bond acceptors (Lipinski definition) is 4. The molecule has 1 N–H and O–H groups in total. The second-order valence-corrected chi connectivity index (χ2v) is 6.43. The fourth-order valence-corrected chi connectivity index (χ4v) is 2.46. The Balaban J connectivity index is 2.28. The Morgan fingerprint density at radius 2 is 2.00 bits per heavy atom. The van der Waals surface area contributed by atoms with Crippen molar-refractivity contribution >= 4 is 16.6 Å². The Hall–Kier alpha value is -1.81. The summed E-state index contributed by atoms with van der Waals surface area (Å²) < 4.78 is 10.6. The number of anilines is 1. The van der Waals surface area contributed by atoms with Crippen molar-refractivity contribution < 1.29 is 9.47 Å². The monoisotopic (exact) mass is 302 g/mol. The largest absolute Gasteiger partial charge is 0.494 e. The summed E-state index contributed by atoms with van der Waals surface area (Å²) in [5, 5.41) is 4.67. The third-order valence-corrected chi connectivity index (χ3v) is 3.89. The van der Waals surface area contributed by atoms with Crippen molar-refractivity contribution in [2.24, 2.45) is 5.41 Å². The van der Waals surface area contributed by atoms with Gasteiger partial charge in [-0.1, -0.05) is 26.0 Å². The maximum atomic E-state index is 5.43. The molecule has 1 heterocycles. The molecule has 0 saturated carbocycles. The third kappa shape index (κ3) is 3.89. The molecule has 0 unspecified atom stereocenters. The fraction of sp³-hybridized carbons (Fsp3) is 0.500. The molecule has 2 aromatic rings. The fourth-order valence-electron chi connectivity index (χ4n) is 2.46. The molecule has 0 aliphatic rings. The number of methoxy groups -OCH3 is 2. The Morgan fingerprint density at radius 1 is 1.23 bits per heavy atom. The molecule has 0 fully saturated rings. The molecule has 0 amide bonds. The van der Waals surface area contributed by atoms with Gasteiger partial charge in [0.05, 0.1) is 7.11 Å². The molecule has 0 saturated heterocycles. The predicted molar refractivity (Wildman–Crippen MR) is 91.8 cm³/mol. The highest BCUT2D eigenvalue weighted by Crippen LogP contribution is 2.31. The molecule has 0 spiro atoms. The van der Waals surface area contributed by atoms with Gasteiger partial charge in [0.25, 0.3) is 0 Å². The highest BCUT2D eigenvalue weighted by Gasteiger charge is 2.18. The first-order valence-corrected chi connectivity index (χ1v) is 7.64. The lowest BCUT2D eigenvalue weighted by Gasteiger charge is -2.25. The van der Waals surface area contributed by atoms with Crippen LogP contribution in [-0.4, -0.2) is 32.4 Å². The van der Waals surface area contributed by atoms with Gasteiger partial charge < -0.3 is 14.8 Å². The summed E-state index contributed by atoms with van der Waals surface area (Å²) in [5.74, 6) is 0.808. The van der Waals surface area contributed by atoms with Crippen LogP contribution in [0.4, 0.5) is 5.69 Å². The summed E-state index contributed by atoms with van der Waals surface area (Å²) in [5.41, 5.74) is 3.15. The van der Waals surface area contributed by atoms with E-state index >= 15 is 0 Å². The van der Waals surface area contributed by atoms with Gasteiger partial charge in [-0.2, -0.15) is 0 Å². The molecule has 0 aliphatic carbocycles. The SMILES string of the molecule is COCCC(C)(C)CNc1cc(C)nc2c(OC)cccc12. The average molecular weight is 302 g/mol. The summed E-state index contributed by atoms with van der Waals surface area (Å²) in [4.78, 5) is 4.62. The Labute approximate surface area is 132 Å². The smallest absolute Gasteiger partial charge is 0.145 e. The molecular formula is C18H26N2O2. The third-order valence-electron chi connectivity index (χ3n) is 3.89. The molecule has 0 radical (unpaired) electrons. The van der Waals surface area contributed by atoms with Gasteiger partial charge in [0.15, 0.2) is 0 Å². The number of aryl methyl sites for hydroxylation is 1. The number of nitrogens with zero attached hydrogens (tertiary/aromatic N) is 1. The van der Waals surface area contributed by atoms with Crippen LogP contribution in [0.3, 0.4) is 0 Å². The Morgan fingerprint density at radius 3 is 2.68 bits per heavy atom. The number of benzene rings is 1. The first-order chi connectivity index (χ1) is 10.5. The van der Waals surface area contributed by atoms with E-state index in [2.05, 4.69) is 36.3 Å². The highest BCUT2D eigenvalue weighted by molar-refractivity contribution is 5.95. The lowest BCUT2D eigenvalue weighted by molar-refractivity contribution is 0.157. The van der Waals surface area contributed by atoms with E-state index < -0.39 is 0 Å². The van der Waals surface area contributed by atoms with E-state index in [1.54, 1.807) is 14.2 Å². The van der Waals surface area contributed by atoms with Gasteiger partial charge in [0, 0.05) is 37.0 Å². The topological polar surface area (TPSA) is 43.4 Å². The number of para-hydroxylation sites is 1. The number of nitrogens with one attached hydrogen (secondary N) is 1. The van der Waals surface area contributed by atoms with Gasteiger partial charge in [0.2, 0.25) is 0 Å². The predicted octanol–water partition coefficient (Wildman–Crippen LogP) is 4.03. The molecule has 4 nitrogen and oxygen atoms in total. The van der Waals surface area contributed by atoms with Crippen molar-refractivity contribution in [3.63, 3.8) is 0 Å². The van der Waals surface area contributed by atoms with Crippen molar-refractivity contribution in [2.75, 3.05) is 32.7 Å². The Bertz CT molecular complexity index is 638. The van der Waals surface area contributed by atoms with Gasteiger partial charge in [-0.15, -0.1) is 0 Å². The van der Waals surface area contributed by atoms with E-state index in [1.165, 1.54) is 0 Å². The summed E-state index contributed by atoms with van der Waals surface area (Å²) in [6.45, 7) is 8.16. The normalized spacial score (nSPS) is 11.7.